The molecule has 4 nitrogen and oxygen atoms in total. The Morgan fingerprint density at radius 1 is 1.05 bits per heavy atom. The quantitative estimate of drug-likeness (QED) is 0.553. The Balaban J connectivity index is 2.41. The Morgan fingerprint density at radius 3 is 2.00 bits per heavy atom. The Bertz CT molecular complexity index is 417. The van der Waals surface area contributed by atoms with E-state index in [0.717, 1.165) is 31.9 Å². The summed E-state index contributed by atoms with van der Waals surface area (Å²) < 4.78 is 33.3. The topological polar surface area (TPSA) is 52.6 Å². The molecule has 1 fully saturated rings. The highest BCUT2D eigenvalue weighted by Gasteiger charge is 2.34. The van der Waals surface area contributed by atoms with Gasteiger partial charge in [-0.05, 0) is 56.4 Å². The van der Waals surface area contributed by atoms with Crippen LogP contribution in [0.2, 0.25) is 5.04 Å². The lowest BCUT2D eigenvalue weighted by atomic mass is 9.75. The second kappa shape index (κ2) is 7.11. The van der Waals surface area contributed by atoms with E-state index in [1.165, 1.54) is 0 Å². The molecule has 21 heavy (non-hydrogen) atoms. The van der Waals surface area contributed by atoms with E-state index in [4.69, 9.17) is 8.61 Å². The van der Waals surface area contributed by atoms with Crippen LogP contribution >= 0.6 is 0 Å². The summed E-state index contributed by atoms with van der Waals surface area (Å²) in [6, 6.07) is 0. The summed E-state index contributed by atoms with van der Waals surface area (Å²) in [5.41, 5.74) is -0.0534. The van der Waals surface area contributed by atoms with Crippen LogP contribution in [0.15, 0.2) is 0 Å². The van der Waals surface area contributed by atoms with Crippen LogP contribution in [0.5, 0.6) is 0 Å². The first-order valence-corrected chi connectivity index (χ1v) is 11.0. The lowest BCUT2D eigenvalue weighted by Crippen LogP contribution is -2.40. The van der Waals surface area contributed by atoms with E-state index >= 15 is 0 Å². The van der Waals surface area contributed by atoms with Crippen molar-refractivity contribution in [1.29, 1.82) is 0 Å². The van der Waals surface area contributed by atoms with E-state index in [-0.39, 0.29) is 5.60 Å². The first-order chi connectivity index (χ1) is 9.39. The van der Waals surface area contributed by atoms with Gasteiger partial charge in [-0.25, -0.2) is 0 Å². The van der Waals surface area contributed by atoms with Gasteiger partial charge in [0, 0.05) is 0 Å². The summed E-state index contributed by atoms with van der Waals surface area (Å²) in [4.78, 5) is 0. The third kappa shape index (κ3) is 7.77. The molecule has 126 valence electrons. The molecule has 1 rings (SSSR count). The fourth-order valence-corrected chi connectivity index (χ4v) is 4.24. The molecule has 0 aromatic carbocycles. The van der Waals surface area contributed by atoms with Gasteiger partial charge in [-0.3, -0.25) is 4.18 Å². The minimum atomic E-state index is -3.31. The van der Waals surface area contributed by atoms with Gasteiger partial charge in [0.15, 0.2) is 9.76 Å². The third-order valence-electron chi connectivity index (χ3n) is 4.22. The lowest BCUT2D eigenvalue weighted by Gasteiger charge is -2.40. The van der Waals surface area contributed by atoms with E-state index in [9.17, 15) is 8.42 Å². The summed E-state index contributed by atoms with van der Waals surface area (Å²) in [6.07, 6.45) is 5.38. The van der Waals surface area contributed by atoms with Gasteiger partial charge in [-0.15, -0.1) is 0 Å². The Hall–Kier alpha value is 0.0869. The number of hydrogen-bond acceptors (Lipinski definition) is 4. The molecule has 1 aliphatic carbocycles. The minimum Gasteiger partial charge on any atom is -0.418 e. The SMILES string of the molecule is CC(C)(C)[SiH2]OC(C)(C)C1CCC(COS(C)(=O)=O)CC1. The average molecular weight is 337 g/mol. The van der Waals surface area contributed by atoms with Gasteiger partial charge in [0.1, 0.15) is 0 Å². The molecule has 0 aliphatic heterocycles. The lowest BCUT2D eigenvalue weighted by molar-refractivity contribution is 0.0130. The van der Waals surface area contributed by atoms with Crippen LogP contribution in [-0.4, -0.2) is 36.6 Å². The van der Waals surface area contributed by atoms with Crippen LogP contribution in [0.4, 0.5) is 0 Å². The van der Waals surface area contributed by atoms with Crippen molar-refractivity contribution in [2.24, 2.45) is 11.8 Å². The van der Waals surface area contributed by atoms with Crippen molar-refractivity contribution in [3.05, 3.63) is 0 Å². The molecule has 0 amide bonds. The van der Waals surface area contributed by atoms with Gasteiger partial charge in [0.25, 0.3) is 10.1 Å². The van der Waals surface area contributed by atoms with Crippen LogP contribution in [0.3, 0.4) is 0 Å². The van der Waals surface area contributed by atoms with E-state index in [0.29, 0.717) is 23.5 Å². The molecular weight excluding hydrogens is 304 g/mol. The fourth-order valence-electron chi connectivity index (χ4n) is 2.76. The predicted octanol–water partition coefficient (Wildman–Crippen LogP) is 2.87. The van der Waals surface area contributed by atoms with E-state index in [1.807, 2.05) is 0 Å². The van der Waals surface area contributed by atoms with Crippen molar-refractivity contribution >= 4 is 19.9 Å². The zero-order valence-corrected chi connectivity index (χ0v) is 16.7. The zero-order valence-electron chi connectivity index (χ0n) is 14.4. The Morgan fingerprint density at radius 2 is 1.57 bits per heavy atom. The second-order valence-electron chi connectivity index (χ2n) is 8.16. The van der Waals surface area contributed by atoms with E-state index in [1.54, 1.807) is 0 Å². The average Bonchev–Trinajstić information content (AvgIpc) is 2.33. The van der Waals surface area contributed by atoms with Gasteiger partial charge in [-0.2, -0.15) is 8.42 Å². The van der Waals surface area contributed by atoms with E-state index < -0.39 is 19.9 Å². The molecule has 0 atom stereocenters. The Labute approximate surface area is 133 Å². The maximum absolute atomic E-state index is 11.0. The van der Waals surface area contributed by atoms with Crippen LogP contribution in [-0.2, 0) is 18.7 Å². The molecule has 6 heteroatoms. The molecule has 0 unspecified atom stereocenters. The zero-order chi connectivity index (χ0) is 16.3. The van der Waals surface area contributed by atoms with Crippen LogP contribution < -0.4 is 0 Å². The van der Waals surface area contributed by atoms with Crippen molar-refractivity contribution in [3.63, 3.8) is 0 Å². The molecule has 0 radical (unpaired) electrons. The molecule has 0 bridgehead atoms. The standard InChI is InChI=1S/C15H32O4SSi/c1-14(2,3)21-19-15(4,5)13-9-7-12(8-10-13)11-18-20(6,16)17/h12-13H,7-11,21H2,1-6H3. The maximum Gasteiger partial charge on any atom is 0.264 e. The highest BCUT2D eigenvalue weighted by molar-refractivity contribution is 7.85. The number of hydrogen-bond donors (Lipinski definition) is 0. The van der Waals surface area contributed by atoms with Crippen LogP contribution in [0.25, 0.3) is 0 Å². The van der Waals surface area contributed by atoms with Crippen molar-refractivity contribution < 1.29 is 17.0 Å². The molecule has 0 aromatic rings. The summed E-state index contributed by atoms with van der Waals surface area (Å²) in [7, 11) is -3.85. The maximum atomic E-state index is 11.0. The van der Waals surface area contributed by atoms with Crippen molar-refractivity contribution in [1.82, 2.24) is 0 Å². The summed E-state index contributed by atoms with van der Waals surface area (Å²) in [5, 5.41) is 0.317. The highest BCUT2D eigenvalue weighted by Crippen LogP contribution is 2.38. The second-order valence-corrected chi connectivity index (χ2v) is 12.5. The van der Waals surface area contributed by atoms with Gasteiger partial charge < -0.3 is 4.43 Å². The van der Waals surface area contributed by atoms with Crippen molar-refractivity contribution in [3.8, 4) is 0 Å². The Kier molecular flexibility index (Phi) is 6.48. The van der Waals surface area contributed by atoms with Crippen molar-refractivity contribution in [2.75, 3.05) is 12.9 Å². The molecular formula is C15H32O4SSi. The first-order valence-electron chi connectivity index (χ1n) is 7.87. The van der Waals surface area contributed by atoms with E-state index in [2.05, 4.69) is 34.6 Å². The largest absolute Gasteiger partial charge is 0.418 e. The predicted molar refractivity (Wildman–Crippen MR) is 89.7 cm³/mol. The summed E-state index contributed by atoms with van der Waals surface area (Å²) in [5.74, 6) is 0.938. The fraction of sp³-hybridized carbons (Fsp3) is 1.00. The molecule has 0 spiro atoms. The molecule has 1 aliphatic rings. The molecule has 0 saturated heterocycles. The molecule has 0 aromatic heterocycles. The van der Waals surface area contributed by atoms with Gasteiger partial charge in [0.2, 0.25) is 0 Å². The third-order valence-corrected chi connectivity index (χ3v) is 6.54. The van der Waals surface area contributed by atoms with Gasteiger partial charge >= 0.3 is 0 Å². The highest BCUT2D eigenvalue weighted by atomic mass is 32.2. The molecule has 1 saturated carbocycles. The van der Waals surface area contributed by atoms with Crippen LogP contribution in [0, 0.1) is 11.8 Å². The van der Waals surface area contributed by atoms with Crippen LogP contribution in [0.1, 0.15) is 60.3 Å². The van der Waals surface area contributed by atoms with Gasteiger partial charge in [0.05, 0.1) is 18.5 Å². The molecule has 0 heterocycles. The minimum absolute atomic E-state index is 0.0534. The summed E-state index contributed by atoms with van der Waals surface area (Å²) in [6.45, 7) is 11.5. The summed E-state index contributed by atoms with van der Waals surface area (Å²) >= 11 is 0. The van der Waals surface area contributed by atoms with Crippen molar-refractivity contribution in [2.45, 2.75) is 70.9 Å². The number of rotatable bonds is 6. The smallest absolute Gasteiger partial charge is 0.264 e. The monoisotopic (exact) mass is 336 g/mol. The van der Waals surface area contributed by atoms with Gasteiger partial charge in [-0.1, -0.05) is 20.8 Å². The first kappa shape index (κ1) is 19.1. The normalized spacial score (nSPS) is 25.6. The molecule has 0 N–H and O–H groups in total.